The van der Waals surface area contributed by atoms with Gasteiger partial charge in [-0.25, -0.2) is 19.9 Å². The molecule has 1 saturated heterocycles. The number of aromatic nitrogens is 5. The standard InChI is InChI=1S/C19H20N8O/c28-18(26-8-10-27(11-9-26)19-21-4-1-5-22-19)16-12-17(25-14-24-16)23-13-15-2-6-20-7-3-15/h1-7,12,14H,8-11,13H2,(H,23,24,25). The molecule has 3 aromatic heterocycles. The van der Waals surface area contributed by atoms with Crippen LogP contribution in [0.3, 0.4) is 0 Å². The fourth-order valence-corrected chi connectivity index (χ4v) is 2.99. The van der Waals surface area contributed by atoms with Crippen molar-refractivity contribution in [2.75, 3.05) is 36.4 Å². The van der Waals surface area contributed by atoms with Gasteiger partial charge in [-0.1, -0.05) is 0 Å². The number of nitrogens with one attached hydrogen (secondary N) is 1. The van der Waals surface area contributed by atoms with Gasteiger partial charge >= 0.3 is 0 Å². The number of hydrogen-bond donors (Lipinski definition) is 1. The monoisotopic (exact) mass is 376 g/mol. The third-order valence-corrected chi connectivity index (χ3v) is 4.51. The Bertz CT molecular complexity index is 913. The van der Waals surface area contributed by atoms with Gasteiger partial charge in [0.2, 0.25) is 5.95 Å². The van der Waals surface area contributed by atoms with E-state index in [0.29, 0.717) is 50.2 Å². The highest BCUT2D eigenvalue weighted by molar-refractivity contribution is 5.93. The van der Waals surface area contributed by atoms with Gasteiger partial charge in [0.25, 0.3) is 5.91 Å². The quantitative estimate of drug-likeness (QED) is 0.710. The van der Waals surface area contributed by atoms with Crippen LogP contribution in [0, 0.1) is 0 Å². The molecular weight excluding hydrogens is 356 g/mol. The van der Waals surface area contributed by atoms with Crippen LogP contribution >= 0.6 is 0 Å². The van der Waals surface area contributed by atoms with Crippen molar-refractivity contribution in [2.24, 2.45) is 0 Å². The Balaban J connectivity index is 1.36. The molecule has 9 heteroatoms. The number of nitrogens with zero attached hydrogens (tertiary/aromatic N) is 7. The molecule has 0 radical (unpaired) electrons. The van der Waals surface area contributed by atoms with E-state index in [-0.39, 0.29) is 5.91 Å². The van der Waals surface area contributed by atoms with Crippen LogP contribution in [-0.2, 0) is 6.54 Å². The van der Waals surface area contributed by atoms with Crippen molar-refractivity contribution < 1.29 is 4.79 Å². The maximum atomic E-state index is 12.8. The van der Waals surface area contributed by atoms with E-state index in [2.05, 4.69) is 35.1 Å². The molecule has 142 valence electrons. The van der Waals surface area contributed by atoms with E-state index in [1.807, 2.05) is 12.1 Å². The van der Waals surface area contributed by atoms with Crippen molar-refractivity contribution in [3.8, 4) is 0 Å². The van der Waals surface area contributed by atoms with Gasteiger partial charge in [0.05, 0.1) is 0 Å². The van der Waals surface area contributed by atoms with Gasteiger partial charge in [-0.15, -0.1) is 0 Å². The van der Waals surface area contributed by atoms with Crippen molar-refractivity contribution in [2.45, 2.75) is 6.54 Å². The Labute approximate surface area is 162 Å². The normalized spacial score (nSPS) is 14.0. The summed E-state index contributed by atoms with van der Waals surface area (Å²) in [5.74, 6) is 1.22. The lowest BCUT2D eigenvalue weighted by Gasteiger charge is -2.34. The first-order valence-corrected chi connectivity index (χ1v) is 9.06. The third-order valence-electron chi connectivity index (χ3n) is 4.51. The Kier molecular flexibility index (Phi) is 5.32. The van der Waals surface area contributed by atoms with E-state index >= 15 is 0 Å². The number of rotatable bonds is 5. The van der Waals surface area contributed by atoms with Crippen LogP contribution in [0.2, 0.25) is 0 Å². The van der Waals surface area contributed by atoms with Crippen molar-refractivity contribution in [3.63, 3.8) is 0 Å². The lowest BCUT2D eigenvalue weighted by Crippen LogP contribution is -2.49. The molecule has 0 unspecified atom stereocenters. The second-order valence-corrected chi connectivity index (χ2v) is 6.33. The average Bonchev–Trinajstić information content (AvgIpc) is 2.79. The molecule has 1 aliphatic heterocycles. The Morgan fingerprint density at radius 2 is 1.71 bits per heavy atom. The summed E-state index contributed by atoms with van der Waals surface area (Å²) in [6.45, 7) is 3.17. The molecule has 28 heavy (non-hydrogen) atoms. The van der Waals surface area contributed by atoms with E-state index in [4.69, 9.17) is 0 Å². The summed E-state index contributed by atoms with van der Waals surface area (Å²) in [4.78, 5) is 37.6. The summed E-state index contributed by atoms with van der Waals surface area (Å²) < 4.78 is 0. The molecule has 9 nitrogen and oxygen atoms in total. The van der Waals surface area contributed by atoms with Crippen molar-refractivity contribution in [3.05, 3.63) is 66.6 Å². The van der Waals surface area contributed by atoms with Crippen LogP contribution < -0.4 is 10.2 Å². The highest BCUT2D eigenvalue weighted by Crippen LogP contribution is 2.13. The first kappa shape index (κ1) is 17.8. The topological polar surface area (TPSA) is 100 Å². The zero-order valence-electron chi connectivity index (χ0n) is 15.3. The maximum Gasteiger partial charge on any atom is 0.272 e. The van der Waals surface area contributed by atoms with Crippen LogP contribution in [0.15, 0.2) is 55.4 Å². The van der Waals surface area contributed by atoms with Crippen molar-refractivity contribution >= 4 is 17.7 Å². The van der Waals surface area contributed by atoms with Gasteiger partial charge in [0.15, 0.2) is 0 Å². The molecule has 0 bridgehead atoms. The van der Waals surface area contributed by atoms with Gasteiger partial charge < -0.3 is 15.1 Å². The second kappa shape index (κ2) is 8.38. The van der Waals surface area contributed by atoms with Crippen molar-refractivity contribution in [1.29, 1.82) is 0 Å². The predicted octanol–water partition coefficient (Wildman–Crippen LogP) is 1.24. The molecule has 0 saturated carbocycles. The minimum atomic E-state index is -0.0945. The summed E-state index contributed by atoms with van der Waals surface area (Å²) in [7, 11) is 0. The number of piperazine rings is 1. The Morgan fingerprint density at radius 3 is 2.46 bits per heavy atom. The zero-order valence-corrected chi connectivity index (χ0v) is 15.3. The van der Waals surface area contributed by atoms with E-state index in [1.165, 1.54) is 6.33 Å². The minimum Gasteiger partial charge on any atom is -0.366 e. The molecule has 0 aliphatic carbocycles. The van der Waals surface area contributed by atoms with Crippen LogP contribution in [-0.4, -0.2) is 61.9 Å². The van der Waals surface area contributed by atoms with Crippen LogP contribution in [0.1, 0.15) is 16.1 Å². The number of carbonyl (C=O) groups excluding carboxylic acids is 1. The van der Waals surface area contributed by atoms with E-state index < -0.39 is 0 Å². The van der Waals surface area contributed by atoms with Crippen LogP contribution in [0.5, 0.6) is 0 Å². The zero-order chi connectivity index (χ0) is 19.2. The summed E-state index contributed by atoms with van der Waals surface area (Å²) in [6, 6.07) is 7.33. The fourth-order valence-electron chi connectivity index (χ4n) is 2.99. The number of carbonyl (C=O) groups is 1. The average molecular weight is 376 g/mol. The number of hydrogen-bond acceptors (Lipinski definition) is 8. The molecule has 1 N–H and O–H groups in total. The van der Waals surface area contributed by atoms with Crippen LogP contribution in [0.25, 0.3) is 0 Å². The summed E-state index contributed by atoms with van der Waals surface area (Å²) >= 11 is 0. The largest absolute Gasteiger partial charge is 0.366 e. The molecule has 1 amide bonds. The maximum absolute atomic E-state index is 12.8. The molecular formula is C19H20N8O. The van der Waals surface area contributed by atoms with E-state index in [1.54, 1.807) is 41.8 Å². The van der Waals surface area contributed by atoms with Crippen LogP contribution in [0.4, 0.5) is 11.8 Å². The van der Waals surface area contributed by atoms with E-state index in [9.17, 15) is 4.79 Å². The van der Waals surface area contributed by atoms with Gasteiger partial charge in [-0.2, -0.15) is 0 Å². The predicted molar refractivity (Wildman–Crippen MR) is 104 cm³/mol. The Morgan fingerprint density at radius 1 is 0.964 bits per heavy atom. The molecule has 1 fully saturated rings. The fraction of sp³-hybridized carbons (Fsp3) is 0.263. The van der Waals surface area contributed by atoms with Gasteiger partial charge in [-0.05, 0) is 23.8 Å². The molecule has 0 spiro atoms. The summed E-state index contributed by atoms with van der Waals surface area (Å²) in [5.41, 5.74) is 1.47. The lowest BCUT2D eigenvalue weighted by atomic mass is 10.2. The molecule has 3 aromatic rings. The SMILES string of the molecule is O=C(c1cc(NCc2ccncc2)ncn1)N1CCN(c2ncccn2)CC1. The van der Waals surface area contributed by atoms with Gasteiger partial charge in [0.1, 0.15) is 17.8 Å². The first-order valence-electron chi connectivity index (χ1n) is 9.06. The Hall–Kier alpha value is -3.62. The van der Waals surface area contributed by atoms with E-state index in [0.717, 1.165) is 5.56 Å². The molecule has 1 aliphatic rings. The van der Waals surface area contributed by atoms with Gasteiger partial charge in [0, 0.05) is 63.6 Å². The molecule has 0 atom stereocenters. The minimum absolute atomic E-state index is 0.0945. The highest BCUT2D eigenvalue weighted by Gasteiger charge is 2.24. The third kappa shape index (κ3) is 4.20. The number of pyridine rings is 1. The smallest absolute Gasteiger partial charge is 0.272 e. The lowest BCUT2D eigenvalue weighted by molar-refractivity contribution is 0.0740. The molecule has 4 rings (SSSR count). The number of amides is 1. The molecule has 4 heterocycles. The number of anilines is 2. The second-order valence-electron chi connectivity index (χ2n) is 6.33. The van der Waals surface area contributed by atoms with Gasteiger partial charge in [-0.3, -0.25) is 9.78 Å². The first-order chi connectivity index (χ1) is 13.8. The molecule has 0 aromatic carbocycles. The summed E-state index contributed by atoms with van der Waals surface area (Å²) in [6.07, 6.45) is 8.34. The highest BCUT2D eigenvalue weighted by atomic mass is 16.2. The van der Waals surface area contributed by atoms with Crippen molar-refractivity contribution in [1.82, 2.24) is 29.8 Å². The summed E-state index contributed by atoms with van der Waals surface area (Å²) in [5, 5.41) is 3.21.